The van der Waals surface area contributed by atoms with E-state index in [0.717, 1.165) is 5.56 Å². The van der Waals surface area contributed by atoms with E-state index in [0.29, 0.717) is 16.9 Å². The molecule has 1 heterocycles. The molecule has 16 heavy (non-hydrogen) atoms. The summed E-state index contributed by atoms with van der Waals surface area (Å²) in [5.74, 6) is 0. The van der Waals surface area contributed by atoms with Crippen molar-refractivity contribution in [3.05, 3.63) is 29.0 Å². The van der Waals surface area contributed by atoms with E-state index in [1.165, 1.54) is 11.8 Å². The molecule has 0 fully saturated rings. The van der Waals surface area contributed by atoms with Gasteiger partial charge >= 0.3 is 0 Å². The number of hydrogen-bond donors (Lipinski definition) is 0. The maximum absolute atomic E-state index is 8.51. The van der Waals surface area contributed by atoms with Gasteiger partial charge in [-0.15, -0.1) is 4.99 Å². The summed E-state index contributed by atoms with van der Waals surface area (Å²) in [6.45, 7) is 0.644. The molecule has 0 atom stereocenters. The molecule has 0 saturated carbocycles. The van der Waals surface area contributed by atoms with Gasteiger partial charge in [-0.3, -0.25) is 0 Å². The molecule has 1 rings (SSSR count). The molecule has 6 heteroatoms. The van der Waals surface area contributed by atoms with E-state index in [4.69, 9.17) is 16.9 Å². The fourth-order valence-electron chi connectivity index (χ4n) is 1.17. The average molecular weight is 255 g/mol. The number of aliphatic imine (C=N–C) groups is 1. The van der Waals surface area contributed by atoms with Crippen molar-refractivity contribution in [2.24, 2.45) is 4.99 Å². The van der Waals surface area contributed by atoms with Crippen LogP contribution in [0.25, 0.3) is 0 Å². The van der Waals surface area contributed by atoms with Crippen LogP contribution in [0.3, 0.4) is 0 Å². The largest absolute Gasteiger partial charge is 0.349 e. The molecule has 0 spiro atoms. The highest BCUT2D eigenvalue weighted by Crippen LogP contribution is 2.10. The maximum Gasteiger partial charge on any atom is 0.208 e. The van der Waals surface area contributed by atoms with E-state index in [1.807, 2.05) is 24.3 Å². The van der Waals surface area contributed by atoms with Crippen LogP contribution in [0.15, 0.2) is 23.3 Å². The molecule has 0 aliphatic rings. The SMILES string of the molecule is CSC(=NC#N)N(C)Cc1ccc(Cl)nc1. The lowest BCUT2D eigenvalue weighted by molar-refractivity contribution is 0.510. The molecule has 0 amide bonds. The monoisotopic (exact) mass is 254 g/mol. The second kappa shape index (κ2) is 6.36. The Bertz CT molecular complexity index is 410. The number of amidine groups is 1. The lowest BCUT2D eigenvalue weighted by Crippen LogP contribution is -2.23. The first-order valence-corrected chi connectivity index (χ1v) is 6.10. The van der Waals surface area contributed by atoms with E-state index in [2.05, 4.69) is 9.98 Å². The zero-order chi connectivity index (χ0) is 12.0. The Balaban J connectivity index is 2.71. The second-order valence-corrected chi connectivity index (χ2v) is 4.20. The standard InChI is InChI=1S/C10H11ClN4S/c1-15(10(16-2)14-7-12)6-8-3-4-9(11)13-5-8/h3-5H,6H2,1-2H3. The van der Waals surface area contributed by atoms with Gasteiger partial charge in [0, 0.05) is 19.8 Å². The Kier molecular flexibility index (Phi) is 5.09. The molecule has 0 aliphatic heterocycles. The van der Waals surface area contributed by atoms with E-state index >= 15 is 0 Å². The van der Waals surface area contributed by atoms with Crippen LogP contribution in [0.4, 0.5) is 0 Å². The van der Waals surface area contributed by atoms with Crippen LogP contribution in [0.1, 0.15) is 5.56 Å². The number of hydrogen-bond acceptors (Lipinski definition) is 4. The Hall–Kier alpha value is -1.25. The van der Waals surface area contributed by atoms with Gasteiger partial charge in [-0.2, -0.15) is 5.26 Å². The van der Waals surface area contributed by atoms with Crippen molar-refractivity contribution in [1.29, 1.82) is 5.26 Å². The summed E-state index contributed by atoms with van der Waals surface area (Å²) in [5.41, 5.74) is 1.02. The summed E-state index contributed by atoms with van der Waals surface area (Å²) in [6.07, 6.45) is 5.38. The van der Waals surface area contributed by atoms with Gasteiger partial charge in [0.15, 0.2) is 5.17 Å². The van der Waals surface area contributed by atoms with E-state index < -0.39 is 0 Å². The van der Waals surface area contributed by atoms with Crippen LogP contribution in [0.2, 0.25) is 5.15 Å². The third-order valence-corrected chi connectivity index (χ3v) is 2.85. The number of halogens is 1. The molecular weight excluding hydrogens is 244 g/mol. The molecule has 0 N–H and O–H groups in total. The predicted octanol–water partition coefficient (Wildman–Crippen LogP) is 2.37. The first-order chi connectivity index (χ1) is 7.67. The van der Waals surface area contributed by atoms with Crippen molar-refractivity contribution >= 4 is 28.5 Å². The highest BCUT2D eigenvalue weighted by atomic mass is 35.5. The summed E-state index contributed by atoms with van der Waals surface area (Å²) in [5, 5.41) is 9.66. The molecule has 0 unspecified atom stereocenters. The predicted molar refractivity (Wildman–Crippen MR) is 67.3 cm³/mol. The van der Waals surface area contributed by atoms with Crippen LogP contribution in [-0.4, -0.2) is 28.4 Å². The fraction of sp³-hybridized carbons (Fsp3) is 0.300. The summed E-state index contributed by atoms with van der Waals surface area (Å²) < 4.78 is 0. The van der Waals surface area contributed by atoms with Crippen LogP contribution in [0.5, 0.6) is 0 Å². The van der Waals surface area contributed by atoms with Crippen molar-refractivity contribution in [3.8, 4) is 6.19 Å². The summed E-state index contributed by atoms with van der Waals surface area (Å²) >= 11 is 7.12. The first-order valence-electron chi connectivity index (χ1n) is 4.49. The molecule has 0 aromatic carbocycles. The van der Waals surface area contributed by atoms with E-state index in [-0.39, 0.29) is 0 Å². The number of pyridine rings is 1. The summed E-state index contributed by atoms with van der Waals surface area (Å²) in [7, 11) is 1.88. The van der Waals surface area contributed by atoms with Crippen molar-refractivity contribution in [2.75, 3.05) is 13.3 Å². The van der Waals surface area contributed by atoms with Crippen LogP contribution in [0, 0.1) is 11.5 Å². The van der Waals surface area contributed by atoms with E-state index in [9.17, 15) is 0 Å². The number of aromatic nitrogens is 1. The number of rotatable bonds is 2. The van der Waals surface area contributed by atoms with Gasteiger partial charge in [-0.05, 0) is 17.9 Å². The molecule has 0 aliphatic carbocycles. The second-order valence-electron chi connectivity index (χ2n) is 3.04. The lowest BCUT2D eigenvalue weighted by atomic mass is 10.3. The van der Waals surface area contributed by atoms with Gasteiger partial charge in [0.1, 0.15) is 5.15 Å². The number of nitriles is 1. The van der Waals surface area contributed by atoms with Gasteiger partial charge in [0.2, 0.25) is 6.19 Å². The molecule has 0 bridgehead atoms. The first kappa shape index (κ1) is 12.8. The van der Waals surface area contributed by atoms with Gasteiger partial charge in [-0.1, -0.05) is 29.4 Å². The normalized spacial score (nSPS) is 11.0. The van der Waals surface area contributed by atoms with Crippen LogP contribution in [-0.2, 0) is 6.54 Å². The van der Waals surface area contributed by atoms with Crippen LogP contribution >= 0.6 is 23.4 Å². The maximum atomic E-state index is 8.51. The minimum Gasteiger partial charge on any atom is -0.349 e. The third kappa shape index (κ3) is 3.72. The van der Waals surface area contributed by atoms with Gasteiger partial charge < -0.3 is 4.90 Å². The Morgan fingerprint density at radius 1 is 1.69 bits per heavy atom. The highest BCUT2D eigenvalue weighted by Gasteiger charge is 2.06. The van der Waals surface area contributed by atoms with Crippen molar-refractivity contribution in [1.82, 2.24) is 9.88 Å². The van der Waals surface area contributed by atoms with Crippen molar-refractivity contribution < 1.29 is 0 Å². The quantitative estimate of drug-likeness (QED) is 0.352. The summed E-state index contributed by atoms with van der Waals surface area (Å²) in [6, 6.07) is 3.64. The van der Waals surface area contributed by atoms with E-state index in [1.54, 1.807) is 18.5 Å². The molecule has 0 saturated heterocycles. The molecule has 1 aromatic heterocycles. The zero-order valence-electron chi connectivity index (χ0n) is 9.01. The smallest absolute Gasteiger partial charge is 0.208 e. The topological polar surface area (TPSA) is 52.3 Å². The Morgan fingerprint density at radius 2 is 2.44 bits per heavy atom. The minimum absolute atomic E-state index is 0.474. The fourth-order valence-corrected chi connectivity index (χ4v) is 1.79. The zero-order valence-corrected chi connectivity index (χ0v) is 10.6. The molecule has 4 nitrogen and oxygen atoms in total. The Labute approximate surface area is 104 Å². The number of thioether (sulfide) groups is 1. The van der Waals surface area contributed by atoms with Gasteiger partial charge in [0.25, 0.3) is 0 Å². The van der Waals surface area contributed by atoms with Crippen molar-refractivity contribution in [3.63, 3.8) is 0 Å². The van der Waals surface area contributed by atoms with Crippen molar-refractivity contribution in [2.45, 2.75) is 6.54 Å². The van der Waals surface area contributed by atoms with Gasteiger partial charge in [0.05, 0.1) is 0 Å². The lowest BCUT2D eigenvalue weighted by Gasteiger charge is -2.18. The highest BCUT2D eigenvalue weighted by molar-refractivity contribution is 8.13. The molecular formula is C10H11ClN4S. The van der Waals surface area contributed by atoms with Crippen LogP contribution < -0.4 is 0 Å². The van der Waals surface area contributed by atoms with Gasteiger partial charge in [-0.25, -0.2) is 4.98 Å². The third-order valence-electron chi connectivity index (χ3n) is 1.86. The molecule has 1 aromatic rings. The number of nitrogens with zero attached hydrogens (tertiary/aromatic N) is 4. The Morgan fingerprint density at radius 3 is 2.94 bits per heavy atom. The minimum atomic E-state index is 0.474. The molecule has 0 radical (unpaired) electrons. The molecule has 84 valence electrons. The summed E-state index contributed by atoms with van der Waals surface area (Å²) in [4.78, 5) is 9.60. The average Bonchev–Trinajstić information content (AvgIpc) is 2.29.